The number of non-ortho nitro benzene ring substituents is 1. The summed E-state index contributed by atoms with van der Waals surface area (Å²) >= 11 is 0.839. The van der Waals surface area contributed by atoms with Crippen molar-refractivity contribution < 1.29 is 9.72 Å². The second kappa shape index (κ2) is 8.01. The van der Waals surface area contributed by atoms with E-state index in [1.54, 1.807) is 6.07 Å². The average molecular weight is 364 g/mol. The summed E-state index contributed by atoms with van der Waals surface area (Å²) in [6, 6.07) is 5.72. The van der Waals surface area contributed by atoms with Crippen molar-refractivity contribution in [2.45, 2.75) is 17.2 Å². The molecular formula is C13H12N6O5S. The van der Waals surface area contributed by atoms with Crippen LogP contribution in [0.3, 0.4) is 0 Å². The number of aromatic nitrogens is 3. The number of carbonyl (C=O) groups is 1. The highest BCUT2D eigenvalue weighted by Crippen LogP contribution is 2.16. The van der Waals surface area contributed by atoms with E-state index in [9.17, 15) is 24.5 Å². The van der Waals surface area contributed by atoms with Gasteiger partial charge in [-0.05, 0) is 6.92 Å². The van der Waals surface area contributed by atoms with Crippen LogP contribution in [0.2, 0.25) is 0 Å². The molecule has 0 saturated carbocycles. The Hall–Kier alpha value is -3.28. The molecule has 0 saturated heterocycles. The van der Waals surface area contributed by atoms with Gasteiger partial charge < -0.3 is 0 Å². The summed E-state index contributed by atoms with van der Waals surface area (Å²) in [6.45, 7) is 1.52. The molecule has 1 heterocycles. The normalized spacial score (nSPS) is 12.0. The van der Waals surface area contributed by atoms with Gasteiger partial charge in [0, 0.05) is 17.7 Å². The number of hydrogen-bond donors (Lipinski definition) is 3. The largest absolute Gasteiger partial charge is 0.342 e. The summed E-state index contributed by atoms with van der Waals surface area (Å²) in [6.07, 6.45) is 1.26. The second-order valence-electron chi connectivity index (χ2n) is 4.66. The lowest BCUT2D eigenvalue weighted by Crippen LogP contribution is -2.30. The average Bonchev–Trinajstić information content (AvgIpc) is 2.57. The second-order valence-corrected chi connectivity index (χ2v) is 5.99. The minimum Gasteiger partial charge on any atom is -0.272 e. The highest BCUT2D eigenvalue weighted by Gasteiger charge is 2.17. The van der Waals surface area contributed by atoms with Crippen LogP contribution >= 0.6 is 11.8 Å². The fourth-order valence-electron chi connectivity index (χ4n) is 1.62. The molecule has 0 aliphatic carbocycles. The molecule has 0 radical (unpaired) electrons. The van der Waals surface area contributed by atoms with Crippen molar-refractivity contribution in [2.75, 3.05) is 0 Å². The molecule has 1 aromatic heterocycles. The first-order chi connectivity index (χ1) is 11.9. The SMILES string of the molecule is CC(Sc1n[nH]c(=O)[nH]c1=O)C(=O)N/N=C/c1cccc([N+](=O)[O-])c1. The van der Waals surface area contributed by atoms with Crippen molar-refractivity contribution >= 4 is 29.6 Å². The lowest BCUT2D eigenvalue weighted by Gasteiger charge is -2.07. The van der Waals surface area contributed by atoms with Crippen molar-refractivity contribution in [3.63, 3.8) is 0 Å². The van der Waals surface area contributed by atoms with Crippen LogP contribution in [-0.4, -0.2) is 37.5 Å². The number of carbonyl (C=O) groups excluding carboxylic acids is 1. The first kappa shape index (κ1) is 18.1. The van der Waals surface area contributed by atoms with Gasteiger partial charge in [0.15, 0.2) is 5.03 Å². The topological polar surface area (TPSA) is 163 Å². The lowest BCUT2D eigenvalue weighted by molar-refractivity contribution is -0.384. The van der Waals surface area contributed by atoms with Gasteiger partial charge in [0.2, 0.25) is 0 Å². The Morgan fingerprint density at radius 1 is 1.48 bits per heavy atom. The molecule has 1 unspecified atom stereocenters. The van der Waals surface area contributed by atoms with Crippen LogP contribution < -0.4 is 16.7 Å². The Labute approximate surface area is 143 Å². The molecule has 0 spiro atoms. The Kier molecular flexibility index (Phi) is 5.79. The van der Waals surface area contributed by atoms with Crippen molar-refractivity contribution in [3.05, 3.63) is 60.8 Å². The van der Waals surface area contributed by atoms with Gasteiger partial charge >= 0.3 is 5.69 Å². The fraction of sp³-hybridized carbons (Fsp3) is 0.154. The monoisotopic (exact) mass is 364 g/mol. The summed E-state index contributed by atoms with van der Waals surface area (Å²) in [4.78, 5) is 46.5. The third-order valence-electron chi connectivity index (χ3n) is 2.81. The van der Waals surface area contributed by atoms with Crippen molar-refractivity contribution in [1.82, 2.24) is 20.6 Å². The number of aromatic amines is 2. The predicted molar refractivity (Wildman–Crippen MR) is 89.6 cm³/mol. The van der Waals surface area contributed by atoms with E-state index in [-0.39, 0.29) is 10.7 Å². The van der Waals surface area contributed by atoms with Crippen LogP contribution in [-0.2, 0) is 4.79 Å². The molecule has 0 bridgehead atoms. The quantitative estimate of drug-likeness (QED) is 0.281. The number of nitrogens with one attached hydrogen (secondary N) is 3. The number of nitro groups is 1. The Balaban J connectivity index is 1.97. The Morgan fingerprint density at radius 3 is 2.92 bits per heavy atom. The zero-order chi connectivity index (χ0) is 18.4. The third kappa shape index (κ3) is 5.10. The maximum Gasteiger partial charge on any atom is 0.342 e. The van der Waals surface area contributed by atoms with Crippen molar-refractivity contribution in [1.29, 1.82) is 0 Å². The minimum absolute atomic E-state index is 0.0649. The van der Waals surface area contributed by atoms with Crippen LogP contribution in [0.5, 0.6) is 0 Å². The summed E-state index contributed by atoms with van der Waals surface area (Å²) in [5, 5.41) is 19.2. The molecule has 0 aliphatic heterocycles. The molecule has 1 aromatic carbocycles. The van der Waals surface area contributed by atoms with Gasteiger partial charge in [-0.3, -0.25) is 24.7 Å². The Bertz CT molecular complexity index is 937. The van der Waals surface area contributed by atoms with E-state index in [1.807, 2.05) is 4.98 Å². The lowest BCUT2D eigenvalue weighted by atomic mass is 10.2. The van der Waals surface area contributed by atoms with E-state index in [0.717, 1.165) is 11.8 Å². The predicted octanol–water partition coefficient (Wildman–Crippen LogP) is -0.00270. The maximum atomic E-state index is 11.9. The van der Waals surface area contributed by atoms with E-state index in [2.05, 4.69) is 20.7 Å². The van der Waals surface area contributed by atoms with Gasteiger partial charge in [-0.1, -0.05) is 23.9 Å². The smallest absolute Gasteiger partial charge is 0.272 e. The van der Waals surface area contributed by atoms with Crippen LogP contribution in [0, 0.1) is 10.1 Å². The molecule has 11 nitrogen and oxygen atoms in total. The summed E-state index contributed by atoms with van der Waals surface area (Å²) in [5.74, 6) is -0.515. The Morgan fingerprint density at radius 2 is 2.24 bits per heavy atom. The van der Waals surface area contributed by atoms with E-state index >= 15 is 0 Å². The summed E-state index contributed by atoms with van der Waals surface area (Å²) in [5.41, 5.74) is 1.16. The van der Waals surface area contributed by atoms with Gasteiger partial charge in [0.25, 0.3) is 17.2 Å². The van der Waals surface area contributed by atoms with Crippen molar-refractivity contribution in [3.8, 4) is 0 Å². The molecule has 12 heteroatoms. The molecule has 0 fully saturated rings. The molecule has 3 N–H and O–H groups in total. The van der Waals surface area contributed by atoms with Gasteiger partial charge in [0.05, 0.1) is 16.4 Å². The summed E-state index contributed by atoms with van der Waals surface area (Å²) in [7, 11) is 0. The number of amides is 1. The molecule has 0 aliphatic rings. The molecular weight excluding hydrogens is 352 g/mol. The van der Waals surface area contributed by atoms with Gasteiger partial charge in [-0.25, -0.2) is 15.3 Å². The highest BCUT2D eigenvalue weighted by atomic mass is 32.2. The van der Waals surface area contributed by atoms with E-state index in [4.69, 9.17) is 0 Å². The molecule has 2 rings (SSSR count). The summed E-state index contributed by atoms with van der Waals surface area (Å²) < 4.78 is 0. The molecule has 1 amide bonds. The van der Waals surface area contributed by atoms with E-state index < -0.39 is 27.3 Å². The fourth-order valence-corrected chi connectivity index (χ4v) is 2.37. The van der Waals surface area contributed by atoms with Crippen molar-refractivity contribution in [2.24, 2.45) is 5.10 Å². The number of thioether (sulfide) groups is 1. The minimum atomic E-state index is -0.743. The van der Waals surface area contributed by atoms with Crippen LogP contribution in [0.4, 0.5) is 5.69 Å². The van der Waals surface area contributed by atoms with Gasteiger partial charge in [-0.15, -0.1) is 0 Å². The van der Waals surface area contributed by atoms with E-state index in [0.29, 0.717) is 5.56 Å². The first-order valence-electron chi connectivity index (χ1n) is 6.80. The van der Waals surface area contributed by atoms with Gasteiger partial charge in [0.1, 0.15) is 0 Å². The van der Waals surface area contributed by atoms with Crippen LogP contribution in [0.15, 0.2) is 44.0 Å². The number of rotatable bonds is 6. The molecule has 2 aromatic rings. The number of benzene rings is 1. The van der Waals surface area contributed by atoms with Crippen LogP contribution in [0.1, 0.15) is 12.5 Å². The standard InChI is InChI=1S/C13H12N6O5S/c1-7(25-12-11(21)15-13(22)18-17-12)10(20)16-14-6-8-3-2-4-9(5-8)19(23)24/h2-7H,1H3,(H,16,20)(H2,15,18,21,22)/b14-6+. The van der Waals surface area contributed by atoms with Crippen LogP contribution in [0.25, 0.3) is 0 Å². The number of nitro benzene ring substituents is 1. The van der Waals surface area contributed by atoms with Gasteiger partial charge in [-0.2, -0.15) is 10.2 Å². The molecule has 1 atom stereocenters. The zero-order valence-electron chi connectivity index (χ0n) is 12.8. The maximum absolute atomic E-state index is 11.9. The third-order valence-corrected chi connectivity index (χ3v) is 3.87. The number of H-pyrrole nitrogens is 2. The number of hydrazone groups is 1. The number of nitrogens with zero attached hydrogens (tertiary/aromatic N) is 3. The molecule has 25 heavy (non-hydrogen) atoms. The molecule has 130 valence electrons. The zero-order valence-corrected chi connectivity index (χ0v) is 13.6. The highest BCUT2D eigenvalue weighted by molar-refractivity contribution is 8.00. The van der Waals surface area contributed by atoms with E-state index in [1.165, 1.54) is 31.3 Å². The first-order valence-corrected chi connectivity index (χ1v) is 7.68. The number of hydrogen-bond acceptors (Lipinski definition) is 8.